The molecule has 18 heavy (non-hydrogen) atoms. The molecule has 1 N–H and O–H groups in total. The first-order chi connectivity index (χ1) is 8.54. The number of nitrogens with one attached hydrogen (secondary N) is 1. The van der Waals surface area contributed by atoms with Crippen LogP contribution in [0, 0.1) is 0 Å². The van der Waals surface area contributed by atoms with E-state index in [2.05, 4.69) is 5.32 Å². The Hall–Kier alpha value is -1.27. The zero-order valence-corrected chi connectivity index (χ0v) is 12.2. The van der Waals surface area contributed by atoms with Crippen LogP contribution in [0.3, 0.4) is 0 Å². The van der Waals surface area contributed by atoms with Crippen molar-refractivity contribution in [2.75, 3.05) is 32.3 Å². The number of carbonyl (C=O) groups excluding carboxylic acids is 1. The molecule has 1 aromatic carbocycles. The molecule has 0 radical (unpaired) electrons. The number of thiocarbonyl (C=S) groups is 1. The average molecular weight is 284 g/mol. The summed E-state index contributed by atoms with van der Waals surface area (Å²) >= 11 is 6.42. The first-order valence-electron chi connectivity index (χ1n) is 5.31. The fourth-order valence-electron chi connectivity index (χ4n) is 1.19. The van der Waals surface area contributed by atoms with Gasteiger partial charge in [-0.05, 0) is 12.1 Å². The van der Waals surface area contributed by atoms with Gasteiger partial charge in [-0.15, -0.1) is 0 Å². The summed E-state index contributed by atoms with van der Waals surface area (Å²) in [5.41, 5.74) is 0.668. The monoisotopic (exact) mass is 284 g/mol. The van der Waals surface area contributed by atoms with Crippen LogP contribution in [0.1, 0.15) is 0 Å². The van der Waals surface area contributed by atoms with Crippen LogP contribution in [-0.2, 0) is 4.79 Å². The first kappa shape index (κ1) is 14.8. The molecule has 0 atom stereocenters. The van der Waals surface area contributed by atoms with Crippen molar-refractivity contribution < 1.29 is 9.53 Å². The summed E-state index contributed by atoms with van der Waals surface area (Å²) in [6.45, 7) is 0. The number of benzene rings is 1. The summed E-state index contributed by atoms with van der Waals surface area (Å²) in [6.07, 6.45) is 0. The predicted octanol–water partition coefficient (Wildman–Crippen LogP) is 2.21. The summed E-state index contributed by atoms with van der Waals surface area (Å²) in [5.74, 6) is 0.828. The topological polar surface area (TPSA) is 41.6 Å². The molecule has 4 nitrogen and oxygen atoms in total. The Bertz CT molecular complexity index is 436. The number of hydrogen-bond acceptors (Lipinski definition) is 4. The Kier molecular flexibility index (Phi) is 5.94. The van der Waals surface area contributed by atoms with Crippen molar-refractivity contribution in [1.82, 2.24) is 4.90 Å². The van der Waals surface area contributed by atoms with Crippen molar-refractivity contribution in [1.29, 1.82) is 0 Å². The van der Waals surface area contributed by atoms with Crippen molar-refractivity contribution in [3.63, 3.8) is 0 Å². The molecular formula is C12H16N2O2S2. The molecule has 0 heterocycles. The minimum atomic E-state index is -0.103. The lowest BCUT2D eigenvalue weighted by atomic mass is 10.3. The number of rotatable bonds is 4. The lowest BCUT2D eigenvalue weighted by Gasteiger charge is -2.13. The average Bonchev–Trinajstić information content (AvgIpc) is 2.36. The summed E-state index contributed by atoms with van der Waals surface area (Å²) in [4.78, 5) is 13.5. The van der Waals surface area contributed by atoms with E-state index in [9.17, 15) is 4.79 Å². The Morgan fingerprint density at radius 1 is 1.44 bits per heavy atom. The molecule has 0 unspecified atom stereocenters. The third-order valence-electron chi connectivity index (χ3n) is 2.07. The number of ether oxygens (including phenoxy) is 1. The Morgan fingerprint density at radius 2 is 2.11 bits per heavy atom. The normalized spacial score (nSPS) is 9.72. The summed E-state index contributed by atoms with van der Waals surface area (Å²) < 4.78 is 5.84. The van der Waals surface area contributed by atoms with Gasteiger partial charge < -0.3 is 15.0 Å². The number of hydrogen-bond donors (Lipinski definition) is 1. The van der Waals surface area contributed by atoms with Crippen molar-refractivity contribution in [3.8, 4) is 5.75 Å². The molecule has 98 valence electrons. The summed E-state index contributed by atoms with van der Waals surface area (Å²) in [6, 6.07) is 7.29. The van der Waals surface area contributed by atoms with Crippen LogP contribution < -0.4 is 10.1 Å². The predicted molar refractivity (Wildman–Crippen MR) is 80.4 cm³/mol. The number of anilines is 1. The molecule has 0 aliphatic rings. The molecule has 0 aromatic heterocycles. The second-order valence-electron chi connectivity index (χ2n) is 3.70. The van der Waals surface area contributed by atoms with E-state index < -0.39 is 0 Å². The van der Waals surface area contributed by atoms with E-state index in [0.717, 1.165) is 0 Å². The highest BCUT2D eigenvalue weighted by Crippen LogP contribution is 2.23. The highest BCUT2D eigenvalue weighted by Gasteiger charge is 2.09. The van der Waals surface area contributed by atoms with E-state index in [1.807, 2.05) is 26.2 Å². The van der Waals surface area contributed by atoms with E-state index in [0.29, 0.717) is 15.8 Å². The molecule has 1 aromatic rings. The number of thioether (sulfide) groups is 1. The maximum Gasteiger partial charge on any atom is 0.234 e. The molecule has 0 saturated carbocycles. The number of amides is 1. The van der Waals surface area contributed by atoms with Gasteiger partial charge in [0, 0.05) is 14.1 Å². The van der Waals surface area contributed by atoms with Crippen LogP contribution in [-0.4, -0.2) is 42.1 Å². The van der Waals surface area contributed by atoms with Crippen LogP contribution in [0.5, 0.6) is 5.75 Å². The molecule has 6 heteroatoms. The minimum Gasteiger partial charge on any atom is -0.495 e. The van der Waals surface area contributed by atoms with E-state index in [-0.39, 0.29) is 11.7 Å². The smallest absolute Gasteiger partial charge is 0.234 e. The van der Waals surface area contributed by atoms with Gasteiger partial charge in [-0.25, -0.2) is 0 Å². The molecule has 0 saturated heterocycles. The number of methoxy groups -OCH3 is 1. The quantitative estimate of drug-likeness (QED) is 0.859. The van der Waals surface area contributed by atoms with Gasteiger partial charge in [-0.3, -0.25) is 4.79 Å². The summed E-state index contributed by atoms with van der Waals surface area (Å²) in [7, 11) is 5.28. The van der Waals surface area contributed by atoms with Crippen LogP contribution >= 0.6 is 24.0 Å². The third-order valence-corrected chi connectivity index (χ3v) is 3.81. The van der Waals surface area contributed by atoms with Crippen LogP contribution in [0.2, 0.25) is 0 Å². The van der Waals surface area contributed by atoms with Crippen LogP contribution in [0.4, 0.5) is 5.69 Å². The molecule has 0 aliphatic heterocycles. The van der Waals surface area contributed by atoms with Crippen molar-refractivity contribution in [2.24, 2.45) is 0 Å². The standard InChI is InChI=1S/C12H16N2O2S2/c1-14(2)12(17)18-8-11(15)13-9-6-4-5-7-10(9)16-3/h4-7H,8H2,1-3H3,(H,13,15). The second-order valence-corrected chi connectivity index (χ2v) is 5.31. The highest BCUT2D eigenvalue weighted by atomic mass is 32.2. The lowest BCUT2D eigenvalue weighted by Crippen LogP contribution is -2.20. The highest BCUT2D eigenvalue weighted by molar-refractivity contribution is 8.23. The zero-order chi connectivity index (χ0) is 13.5. The summed E-state index contributed by atoms with van der Waals surface area (Å²) in [5, 5.41) is 2.79. The van der Waals surface area contributed by atoms with E-state index in [1.54, 1.807) is 24.1 Å². The van der Waals surface area contributed by atoms with Gasteiger partial charge in [-0.1, -0.05) is 36.1 Å². The molecule has 0 spiro atoms. The van der Waals surface area contributed by atoms with Gasteiger partial charge in [0.25, 0.3) is 0 Å². The molecule has 0 aliphatic carbocycles. The maximum absolute atomic E-state index is 11.7. The Balaban J connectivity index is 2.52. The minimum absolute atomic E-state index is 0.103. The van der Waals surface area contributed by atoms with Gasteiger partial charge in [0.15, 0.2) is 0 Å². The SMILES string of the molecule is COc1ccccc1NC(=O)CSC(=S)N(C)C. The molecule has 1 rings (SSSR count). The third kappa shape index (κ3) is 4.54. The fraction of sp³-hybridized carbons (Fsp3) is 0.333. The fourth-order valence-corrected chi connectivity index (χ4v) is 1.95. The number of carbonyl (C=O) groups is 1. The molecular weight excluding hydrogens is 268 g/mol. The molecule has 1 amide bonds. The van der Waals surface area contributed by atoms with Crippen molar-refractivity contribution >= 4 is 39.9 Å². The van der Waals surface area contributed by atoms with E-state index in [1.165, 1.54) is 11.8 Å². The molecule has 0 fully saturated rings. The van der Waals surface area contributed by atoms with Crippen LogP contribution in [0.25, 0.3) is 0 Å². The van der Waals surface area contributed by atoms with E-state index in [4.69, 9.17) is 17.0 Å². The largest absolute Gasteiger partial charge is 0.495 e. The maximum atomic E-state index is 11.7. The van der Waals surface area contributed by atoms with Crippen molar-refractivity contribution in [2.45, 2.75) is 0 Å². The second kappa shape index (κ2) is 7.23. The van der Waals surface area contributed by atoms with Gasteiger partial charge in [0.2, 0.25) is 5.91 Å². The van der Waals surface area contributed by atoms with Crippen molar-refractivity contribution in [3.05, 3.63) is 24.3 Å². The molecule has 0 bridgehead atoms. The van der Waals surface area contributed by atoms with Gasteiger partial charge in [0.1, 0.15) is 10.1 Å². The Labute approximate surface area is 117 Å². The lowest BCUT2D eigenvalue weighted by molar-refractivity contribution is -0.113. The zero-order valence-electron chi connectivity index (χ0n) is 10.6. The number of nitrogens with zero attached hydrogens (tertiary/aromatic N) is 1. The Morgan fingerprint density at radius 3 is 2.72 bits per heavy atom. The van der Waals surface area contributed by atoms with E-state index >= 15 is 0 Å². The van der Waals surface area contributed by atoms with Gasteiger partial charge in [-0.2, -0.15) is 0 Å². The van der Waals surface area contributed by atoms with Gasteiger partial charge >= 0.3 is 0 Å². The van der Waals surface area contributed by atoms with Gasteiger partial charge in [0.05, 0.1) is 18.6 Å². The first-order valence-corrected chi connectivity index (χ1v) is 6.71. The number of para-hydroxylation sites is 2. The van der Waals surface area contributed by atoms with Crippen LogP contribution in [0.15, 0.2) is 24.3 Å².